The van der Waals surface area contributed by atoms with Crippen molar-refractivity contribution in [1.82, 2.24) is 4.98 Å². The van der Waals surface area contributed by atoms with E-state index in [0.717, 1.165) is 23.4 Å². The molecule has 0 spiro atoms. The molecule has 1 N–H and O–H groups in total. The highest BCUT2D eigenvalue weighted by molar-refractivity contribution is 8.00. The van der Waals surface area contributed by atoms with Gasteiger partial charge >= 0.3 is 0 Å². The minimum atomic E-state index is -0.301. The van der Waals surface area contributed by atoms with Crippen LogP contribution in [0.2, 0.25) is 0 Å². The monoisotopic (exact) mass is 367 g/mol. The van der Waals surface area contributed by atoms with Crippen molar-refractivity contribution in [3.63, 3.8) is 0 Å². The Morgan fingerprint density at radius 1 is 1.31 bits per heavy atom. The molecule has 136 valence electrons. The molecule has 0 bridgehead atoms. The second-order valence-electron chi connectivity index (χ2n) is 6.74. The van der Waals surface area contributed by atoms with Crippen LogP contribution in [0, 0.1) is 24.2 Å². The van der Waals surface area contributed by atoms with Crippen LogP contribution in [0.4, 0.5) is 5.69 Å². The number of aromatic nitrogens is 1. The number of hydrogen-bond donors (Lipinski definition) is 1. The predicted octanol–water partition coefficient (Wildman–Crippen LogP) is 4.97. The van der Waals surface area contributed by atoms with Crippen LogP contribution in [-0.4, -0.2) is 16.1 Å². The van der Waals surface area contributed by atoms with Gasteiger partial charge < -0.3 is 5.32 Å². The fourth-order valence-electron chi connectivity index (χ4n) is 2.59. The third kappa shape index (κ3) is 5.60. The zero-order chi connectivity index (χ0) is 19.1. The van der Waals surface area contributed by atoms with E-state index in [-0.39, 0.29) is 11.2 Å². The molecule has 0 aliphatic carbocycles. The molecule has 26 heavy (non-hydrogen) atoms. The molecule has 0 aliphatic rings. The molecule has 1 aromatic carbocycles. The normalized spacial score (nSPS) is 11.8. The number of amides is 1. The Kier molecular flexibility index (Phi) is 7.23. The van der Waals surface area contributed by atoms with E-state index in [1.807, 2.05) is 44.2 Å². The van der Waals surface area contributed by atoms with E-state index in [1.54, 1.807) is 6.07 Å². The lowest BCUT2D eigenvalue weighted by Crippen LogP contribution is -2.25. The summed E-state index contributed by atoms with van der Waals surface area (Å²) < 4.78 is 0. The number of carbonyl (C=O) groups is 1. The van der Waals surface area contributed by atoms with Crippen molar-refractivity contribution in [2.75, 3.05) is 5.32 Å². The first-order valence-electron chi connectivity index (χ1n) is 8.87. The summed E-state index contributed by atoms with van der Waals surface area (Å²) in [5.41, 5.74) is 3.36. The minimum absolute atomic E-state index is 0.0666. The summed E-state index contributed by atoms with van der Waals surface area (Å²) in [7, 11) is 0. The molecule has 0 radical (unpaired) electrons. The zero-order valence-electron chi connectivity index (χ0n) is 15.7. The number of benzene rings is 1. The molecule has 2 rings (SSSR count). The lowest BCUT2D eigenvalue weighted by Gasteiger charge is -2.16. The van der Waals surface area contributed by atoms with E-state index >= 15 is 0 Å². The van der Waals surface area contributed by atoms with Gasteiger partial charge in [-0.2, -0.15) is 5.26 Å². The SMILES string of the molecule is CCC(Sc1nc(CC(C)C)ccc1C#N)C(=O)Nc1cccc(C)c1. The fourth-order valence-corrected chi connectivity index (χ4v) is 3.60. The van der Waals surface area contributed by atoms with Gasteiger partial charge in [0.15, 0.2) is 0 Å². The van der Waals surface area contributed by atoms with E-state index in [1.165, 1.54) is 11.8 Å². The number of nitrogens with one attached hydrogen (secondary N) is 1. The maximum Gasteiger partial charge on any atom is 0.237 e. The summed E-state index contributed by atoms with van der Waals surface area (Å²) in [6.07, 6.45) is 1.51. The molecule has 0 aliphatic heterocycles. The summed E-state index contributed by atoms with van der Waals surface area (Å²) >= 11 is 1.37. The largest absolute Gasteiger partial charge is 0.325 e. The Morgan fingerprint density at radius 3 is 2.69 bits per heavy atom. The summed E-state index contributed by atoms with van der Waals surface area (Å²) in [6, 6.07) is 13.6. The van der Waals surface area contributed by atoms with E-state index in [9.17, 15) is 10.1 Å². The zero-order valence-corrected chi connectivity index (χ0v) is 16.6. The van der Waals surface area contributed by atoms with E-state index in [2.05, 4.69) is 30.2 Å². The number of nitrogens with zero attached hydrogens (tertiary/aromatic N) is 2. The van der Waals surface area contributed by atoms with Gasteiger partial charge in [0.2, 0.25) is 5.91 Å². The fraction of sp³-hybridized carbons (Fsp3) is 0.381. The molecule has 0 saturated carbocycles. The summed E-state index contributed by atoms with van der Waals surface area (Å²) in [5, 5.41) is 12.7. The number of carbonyl (C=O) groups excluding carboxylic acids is 1. The average Bonchev–Trinajstić information content (AvgIpc) is 2.59. The Hall–Kier alpha value is -2.32. The number of hydrogen-bond acceptors (Lipinski definition) is 4. The van der Waals surface area contributed by atoms with Crippen LogP contribution < -0.4 is 5.32 Å². The quantitative estimate of drug-likeness (QED) is 0.702. The molecule has 0 fully saturated rings. The van der Waals surface area contributed by atoms with Crippen molar-refractivity contribution in [1.29, 1.82) is 5.26 Å². The van der Waals surface area contributed by atoms with Crippen LogP contribution in [0.5, 0.6) is 0 Å². The van der Waals surface area contributed by atoms with Crippen molar-refractivity contribution >= 4 is 23.4 Å². The molecule has 1 unspecified atom stereocenters. The van der Waals surface area contributed by atoms with Crippen LogP contribution >= 0.6 is 11.8 Å². The van der Waals surface area contributed by atoms with Crippen LogP contribution in [-0.2, 0) is 11.2 Å². The molecule has 4 nitrogen and oxygen atoms in total. The van der Waals surface area contributed by atoms with E-state index < -0.39 is 0 Å². The Labute approximate surface area is 160 Å². The smallest absolute Gasteiger partial charge is 0.237 e. The van der Waals surface area contributed by atoms with Gasteiger partial charge in [-0.05, 0) is 55.5 Å². The highest BCUT2D eigenvalue weighted by Crippen LogP contribution is 2.28. The van der Waals surface area contributed by atoms with Crippen molar-refractivity contribution in [3.8, 4) is 6.07 Å². The van der Waals surface area contributed by atoms with Gasteiger partial charge in [-0.15, -0.1) is 0 Å². The Morgan fingerprint density at radius 2 is 2.08 bits per heavy atom. The predicted molar refractivity (Wildman–Crippen MR) is 107 cm³/mol. The first-order valence-corrected chi connectivity index (χ1v) is 9.75. The first-order chi connectivity index (χ1) is 12.4. The molecule has 1 amide bonds. The highest BCUT2D eigenvalue weighted by atomic mass is 32.2. The third-order valence-electron chi connectivity index (χ3n) is 3.86. The highest BCUT2D eigenvalue weighted by Gasteiger charge is 2.21. The maximum absolute atomic E-state index is 12.7. The second-order valence-corrected chi connectivity index (χ2v) is 7.93. The van der Waals surface area contributed by atoms with Gasteiger partial charge in [-0.1, -0.05) is 44.7 Å². The molecule has 2 aromatic rings. The number of thioether (sulfide) groups is 1. The van der Waals surface area contributed by atoms with Crippen LogP contribution in [0.3, 0.4) is 0 Å². The lowest BCUT2D eigenvalue weighted by atomic mass is 10.1. The maximum atomic E-state index is 12.7. The van der Waals surface area contributed by atoms with Crippen LogP contribution in [0.25, 0.3) is 0 Å². The van der Waals surface area contributed by atoms with Gasteiger partial charge in [-0.25, -0.2) is 4.98 Å². The number of anilines is 1. The lowest BCUT2D eigenvalue weighted by molar-refractivity contribution is -0.115. The van der Waals surface area contributed by atoms with Crippen molar-refractivity contribution < 1.29 is 4.79 Å². The molecule has 0 saturated heterocycles. The Balaban J connectivity index is 2.18. The van der Waals surface area contributed by atoms with Crippen LogP contribution in [0.1, 0.15) is 44.0 Å². The summed E-state index contributed by atoms with van der Waals surface area (Å²) in [5.74, 6) is 0.419. The van der Waals surface area contributed by atoms with Crippen molar-refractivity contribution in [2.45, 2.75) is 50.8 Å². The van der Waals surface area contributed by atoms with Crippen molar-refractivity contribution in [3.05, 3.63) is 53.2 Å². The summed E-state index contributed by atoms with van der Waals surface area (Å²) in [4.78, 5) is 17.3. The molecule has 1 atom stereocenters. The molecular weight excluding hydrogens is 342 g/mol. The molecule has 5 heteroatoms. The van der Waals surface area contributed by atoms with E-state index in [0.29, 0.717) is 22.9 Å². The number of pyridine rings is 1. The van der Waals surface area contributed by atoms with Gasteiger partial charge in [0.05, 0.1) is 10.8 Å². The second kappa shape index (κ2) is 9.40. The number of aryl methyl sites for hydroxylation is 1. The van der Waals surface area contributed by atoms with Crippen LogP contribution in [0.15, 0.2) is 41.4 Å². The first kappa shape index (κ1) is 20.0. The molecular formula is C21H25N3OS. The van der Waals surface area contributed by atoms with Gasteiger partial charge in [0.25, 0.3) is 0 Å². The van der Waals surface area contributed by atoms with Crippen molar-refractivity contribution in [2.24, 2.45) is 5.92 Å². The molecule has 1 heterocycles. The Bertz CT molecular complexity index is 811. The van der Waals surface area contributed by atoms with Gasteiger partial charge in [-0.3, -0.25) is 4.79 Å². The minimum Gasteiger partial charge on any atom is -0.325 e. The third-order valence-corrected chi connectivity index (χ3v) is 5.22. The van der Waals surface area contributed by atoms with Gasteiger partial charge in [0, 0.05) is 11.4 Å². The number of rotatable bonds is 7. The standard InChI is InChI=1S/C21H25N3OS/c1-5-19(20(25)23-17-8-6-7-15(4)12-17)26-21-16(13-22)9-10-18(24-21)11-14(2)3/h6-10,12,14,19H,5,11H2,1-4H3,(H,23,25). The van der Waals surface area contributed by atoms with Gasteiger partial charge in [0.1, 0.15) is 11.1 Å². The molecule has 1 aromatic heterocycles. The van der Waals surface area contributed by atoms with E-state index in [4.69, 9.17) is 0 Å². The topological polar surface area (TPSA) is 65.8 Å². The average molecular weight is 368 g/mol. The summed E-state index contributed by atoms with van der Waals surface area (Å²) in [6.45, 7) is 8.23. The number of nitriles is 1.